The number of hydrogen-bond acceptors (Lipinski definition) is 4. The van der Waals surface area contributed by atoms with E-state index in [1.54, 1.807) is 29.2 Å². The monoisotopic (exact) mass is 341 g/mol. The number of nitrogens with zero attached hydrogens (tertiary/aromatic N) is 2. The van der Waals surface area contributed by atoms with E-state index >= 15 is 0 Å². The van der Waals surface area contributed by atoms with Crippen LogP contribution in [0.15, 0.2) is 47.4 Å². The Kier molecular flexibility index (Phi) is 3.99. The van der Waals surface area contributed by atoms with Crippen molar-refractivity contribution >= 4 is 27.3 Å². The molecule has 2 aromatic rings. The van der Waals surface area contributed by atoms with Crippen LogP contribution >= 0.6 is 0 Å². The first-order valence-electron chi connectivity index (χ1n) is 7.35. The molecule has 0 aliphatic carbocycles. The summed E-state index contributed by atoms with van der Waals surface area (Å²) in [5.41, 5.74) is 2.46. The van der Waals surface area contributed by atoms with Crippen LogP contribution in [0.4, 0.5) is 11.4 Å². The molecule has 0 radical (unpaired) electrons. The van der Waals surface area contributed by atoms with E-state index in [-0.39, 0.29) is 16.4 Å². The standard InChI is InChI=1S/C17H15N3O3S/c1-12(21)20-8-7-14-10-15(5-6-17(14)20)19-24(22,23)16-4-2-3-13(9-16)11-18/h2-6,9-10,19H,7-8H2,1H3. The summed E-state index contributed by atoms with van der Waals surface area (Å²) in [4.78, 5) is 13.3. The fourth-order valence-corrected chi connectivity index (χ4v) is 3.83. The summed E-state index contributed by atoms with van der Waals surface area (Å²) in [6, 6.07) is 12.9. The highest BCUT2D eigenvalue weighted by molar-refractivity contribution is 7.92. The molecule has 0 fully saturated rings. The van der Waals surface area contributed by atoms with Gasteiger partial charge < -0.3 is 4.90 Å². The third kappa shape index (κ3) is 2.96. The lowest BCUT2D eigenvalue weighted by atomic mass is 10.1. The summed E-state index contributed by atoms with van der Waals surface area (Å²) < 4.78 is 27.4. The number of rotatable bonds is 3. The Bertz CT molecular complexity index is 961. The molecule has 0 saturated carbocycles. The van der Waals surface area contributed by atoms with Crippen LogP contribution in [0, 0.1) is 11.3 Å². The Morgan fingerprint density at radius 2 is 2.04 bits per heavy atom. The Morgan fingerprint density at radius 3 is 2.75 bits per heavy atom. The van der Waals surface area contributed by atoms with E-state index in [9.17, 15) is 13.2 Å². The van der Waals surface area contributed by atoms with Crippen LogP contribution in [0.2, 0.25) is 0 Å². The molecule has 2 aromatic carbocycles. The van der Waals surface area contributed by atoms with Crippen molar-refractivity contribution in [3.8, 4) is 6.07 Å². The number of anilines is 2. The van der Waals surface area contributed by atoms with Gasteiger partial charge in [0.2, 0.25) is 5.91 Å². The van der Waals surface area contributed by atoms with Gasteiger partial charge in [-0.05, 0) is 48.4 Å². The van der Waals surface area contributed by atoms with Crippen LogP contribution in [0.5, 0.6) is 0 Å². The van der Waals surface area contributed by atoms with Crippen molar-refractivity contribution in [1.29, 1.82) is 5.26 Å². The van der Waals surface area contributed by atoms with Gasteiger partial charge in [-0.3, -0.25) is 9.52 Å². The minimum atomic E-state index is -3.77. The molecule has 0 aromatic heterocycles. The largest absolute Gasteiger partial charge is 0.312 e. The second-order valence-electron chi connectivity index (χ2n) is 5.51. The molecule has 24 heavy (non-hydrogen) atoms. The average Bonchev–Trinajstić information content (AvgIpc) is 2.98. The molecule has 122 valence electrons. The van der Waals surface area contributed by atoms with Gasteiger partial charge in [0.1, 0.15) is 0 Å². The topological polar surface area (TPSA) is 90.3 Å². The van der Waals surface area contributed by atoms with Gasteiger partial charge in [-0.15, -0.1) is 0 Å². The first kappa shape index (κ1) is 16.0. The summed E-state index contributed by atoms with van der Waals surface area (Å²) >= 11 is 0. The van der Waals surface area contributed by atoms with E-state index in [4.69, 9.17) is 5.26 Å². The third-order valence-corrected chi connectivity index (χ3v) is 5.26. The molecule has 0 spiro atoms. The van der Waals surface area contributed by atoms with Gasteiger partial charge in [-0.25, -0.2) is 8.42 Å². The van der Waals surface area contributed by atoms with Crippen LogP contribution in [-0.2, 0) is 21.2 Å². The number of carbonyl (C=O) groups excluding carboxylic acids is 1. The molecule has 1 N–H and O–H groups in total. The summed E-state index contributed by atoms with van der Waals surface area (Å²) in [6.45, 7) is 2.11. The Hall–Kier alpha value is -2.85. The zero-order chi connectivity index (χ0) is 17.3. The number of fused-ring (bicyclic) bond motifs is 1. The maximum Gasteiger partial charge on any atom is 0.261 e. The summed E-state index contributed by atoms with van der Waals surface area (Å²) in [5, 5.41) is 8.90. The molecule has 0 bridgehead atoms. The zero-order valence-electron chi connectivity index (χ0n) is 13.0. The van der Waals surface area contributed by atoms with Crippen molar-refractivity contribution in [2.24, 2.45) is 0 Å². The highest BCUT2D eigenvalue weighted by Crippen LogP contribution is 2.31. The fourth-order valence-electron chi connectivity index (χ4n) is 2.74. The molecule has 0 unspecified atom stereocenters. The van der Waals surface area contributed by atoms with Gasteiger partial charge >= 0.3 is 0 Å². The first-order chi connectivity index (χ1) is 11.4. The fraction of sp³-hybridized carbons (Fsp3) is 0.176. The maximum atomic E-state index is 12.5. The second-order valence-corrected chi connectivity index (χ2v) is 7.19. The zero-order valence-corrected chi connectivity index (χ0v) is 13.8. The average molecular weight is 341 g/mol. The maximum absolute atomic E-state index is 12.5. The van der Waals surface area contributed by atoms with E-state index in [1.807, 2.05) is 6.07 Å². The molecule has 1 amide bonds. The molecule has 1 aliphatic heterocycles. The Balaban J connectivity index is 1.89. The lowest BCUT2D eigenvalue weighted by Crippen LogP contribution is -2.25. The van der Waals surface area contributed by atoms with Crippen molar-refractivity contribution in [2.45, 2.75) is 18.2 Å². The van der Waals surface area contributed by atoms with Gasteiger partial charge in [0.25, 0.3) is 10.0 Å². The van der Waals surface area contributed by atoms with E-state index in [2.05, 4.69) is 4.72 Å². The van der Waals surface area contributed by atoms with Gasteiger partial charge in [0, 0.05) is 24.8 Å². The molecule has 1 heterocycles. The van der Waals surface area contributed by atoms with Crippen LogP contribution in [0.1, 0.15) is 18.1 Å². The minimum absolute atomic E-state index is 0.0320. The summed E-state index contributed by atoms with van der Waals surface area (Å²) in [7, 11) is -3.77. The minimum Gasteiger partial charge on any atom is -0.312 e. The SMILES string of the molecule is CC(=O)N1CCc2cc(NS(=O)(=O)c3cccc(C#N)c3)ccc21. The second kappa shape index (κ2) is 5.98. The molecule has 7 heteroatoms. The molecular formula is C17H15N3O3S. The number of benzene rings is 2. The van der Waals surface area contributed by atoms with Gasteiger partial charge in [0.15, 0.2) is 0 Å². The summed E-state index contributed by atoms with van der Waals surface area (Å²) in [5.74, 6) is -0.0320. The van der Waals surface area contributed by atoms with Crippen LogP contribution in [0.3, 0.4) is 0 Å². The van der Waals surface area contributed by atoms with E-state index in [0.29, 0.717) is 18.7 Å². The van der Waals surface area contributed by atoms with Crippen LogP contribution < -0.4 is 9.62 Å². The number of nitrogens with one attached hydrogen (secondary N) is 1. The molecule has 3 rings (SSSR count). The van der Waals surface area contributed by atoms with Crippen molar-refractivity contribution < 1.29 is 13.2 Å². The number of hydrogen-bond donors (Lipinski definition) is 1. The quantitative estimate of drug-likeness (QED) is 0.927. The van der Waals surface area contributed by atoms with Crippen molar-refractivity contribution in [1.82, 2.24) is 0 Å². The van der Waals surface area contributed by atoms with Crippen LogP contribution in [0.25, 0.3) is 0 Å². The van der Waals surface area contributed by atoms with E-state index in [1.165, 1.54) is 25.1 Å². The van der Waals surface area contributed by atoms with Gasteiger partial charge in [-0.1, -0.05) is 6.07 Å². The molecule has 6 nitrogen and oxygen atoms in total. The van der Waals surface area contributed by atoms with Gasteiger partial charge in [0.05, 0.1) is 16.5 Å². The van der Waals surface area contributed by atoms with E-state index < -0.39 is 10.0 Å². The van der Waals surface area contributed by atoms with Gasteiger partial charge in [-0.2, -0.15) is 5.26 Å². The molecule has 0 saturated heterocycles. The van der Waals surface area contributed by atoms with Crippen molar-refractivity contribution in [3.05, 3.63) is 53.6 Å². The highest BCUT2D eigenvalue weighted by Gasteiger charge is 2.23. The highest BCUT2D eigenvalue weighted by atomic mass is 32.2. The van der Waals surface area contributed by atoms with E-state index in [0.717, 1.165) is 11.3 Å². The third-order valence-electron chi connectivity index (χ3n) is 3.88. The first-order valence-corrected chi connectivity index (χ1v) is 8.83. The predicted molar refractivity (Wildman–Crippen MR) is 90.1 cm³/mol. The van der Waals surface area contributed by atoms with Crippen molar-refractivity contribution in [3.63, 3.8) is 0 Å². The number of carbonyl (C=O) groups is 1. The van der Waals surface area contributed by atoms with Crippen molar-refractivity contribution in [2.75, 3.05) is 16.2 Å². The number of amides is 1. The molecule has 1 aliphatic rings. The normalized spacial score (nSPS) is 13.2. The Labute approximate surface area is 140 Å². The smallest absolute Gasteiger partial charge is 0.261 e. The lowest BCUT2D eigenvalue weighted by Gasteiger charge is -2.15. The number of nitriles is 1. The molecular weight excluding hydrogens is 326 g/mol. The molecule has 0 atom stereocenters. The Morgan fingerprint density at radius 1 is 1.25 bits per heavy atom. The summed E-state index contributed by atoms with van der Waals surface area (Å²) in [6.07, 6.45) is 0.689. The number of sulfonamides is 1. The van der Waals surface area contributed by atoms with Crippen LogP contribution in [-0.4, -0.2) is 20.9 Å². The predicted octanol–water partition coefficient (Wildman–Crippen LogP) is 2.27. The lowest BCUT2D eigenvalue weighted by molar-refractivity contribution is -0.116.